The van der Waals surface area contributed by atoms with E-state index in [0.717, 1.165) is 38.5 Å². The zero-order valence-corrected chi connectivity index (χ0v) is 17.0. The Morgan fingerprint density at radius 3 is 2.62 bits per heavy atom. The van der Waals surface area contributed by atoms with E-state index in [-0.39, 0.29) is 5.92 Å². The lowest BCUT2D eigenvalue weighted by Crippen LogP contribution is -2.42. The molecule has 2 fully saturated rings. The Labute approximate surface area is 170 Å². The quantitative estimate of drug-likeness (QED) is 0.552. The molecule has 1 N–H and O–H groups in total. The van der Waals surface area contributed by atoms with E-state index in [1.165, 1.54) is 10.5 Å². The third-order valence-corrected chi connectivity index (χ3v) is 5.58. The Morgan fingerprint density at radius 2 is 1.90 bits per heavy atom. The number of halogens is 3. The van der Waals surface area contributed by atoms with Gasteiger partial charge >= 0.3 is 6.18 Å². The molecule has 2 atom stereocenters. The van der Waals surface area contributed by atoms with Crippen molar-refractivity contribution in [2.24, 2.45) is 16.8 Å². The summed E-state index contributed by atoms with van der Waals surface area (Å²) in [7, 11) is 1.76. The molecule has 0 bridgehead atoms. The molecular formula is C21H31F3N4O. The number of aliphatic imine (C=N–C) groups is 1. The first-order chi connectivity index (χ1) is 13.9. The maximum atomic E-state index is 12.5. The van der Waals surface area contributed by atoms with Gasteiger partial charge in [-0.1, -0.05) is 30.3 Å². The van der Waals surface area contributed by atoms with E-state index in [9.17, 15) is 13.2 Å². The molecule has 0 aliphatic carbocycles. The summed E-state index contributed by atoms with van der Waals surface area (Å²) in [6, 6.07) is 10.1. The number of nitrogens with one attached hydrogen (secondary N) is 1. The molecule has 2 aliphatic heterocycles. The number of ether oxygens (including phenoxy) is 1. The molecule has 5 nitrogen and oxygen atoms in total. The van der Waals surface area contributed by atoms with Crippen molar-refractivity contribution in [1.29, 1.82) is 0 Å². The summed E-state index contributed by atoms with van der Waals surface area (Å²) < 4.78 is 43.5. The highest BCUT2D eigenvalue weighted by Gasteiger charge is 2.34. The minimum absolute atomic E-state index is 0.224. The van der Waals surface area contributed by atoms with Crippen LogP contribution in [-0.2, 0) is 11.3 Å². The summed E-state index contributed by atoms with van der Waals surface area (Å²) in [5.41, 5.74) is 1.18. The zero-order valence-electron chi connectivity index (χ0n) is 17.0. The Balaban J connectivity index is 1.35. The van der Waals surface area contributed by atoms with Gasteiger partial charge in [-0.25, -0.2) is 0 Å². The van der Waals surface area contributed by atoms with E-state index in [2.05, 4.69) is 27.3 Å². The maximum absolute atomic E-state index is 12.5. The highest BCUT2D eigenvalue weighted by Crippen LogP contribution is 2.23. The molecule has 0 amide bonds. The van der Waals surface area contributed by atoms with Crippen LogP contribution in [0.25, 0.3) is 0 Å². The first kappa shape index (κ1) is 21.9. The van der Waals surface area contributed by atoms with Crippen LogP contribution in [0, 0.1) is 11.8 Å². The molecule has 29 heavy (non-hydrogen) atoms. The fourth-order valence-electron chi connectivity index (χ4n) is 4.12. The van der Waals surface area contributed by atoms with Crippen LogP contribution < -0.4 is 5.32 Å². The molecular weight excluding hydrogens is 381 g/mol. The lowest BCUT2D eigenvalue weighted by molar-refractivity contribution is -0.143. The summed E-state index contributed by atoms with van der Waals surface area (Å²) in [4.78, 5) is 8.08. The van der Waals surface area contributed by atoms with Gasteiger partial charge in [0.05, 0.1) is 19.8 Å². The second-order valence-electron chi connectivity index (χ2n) is 8.03. The number of likely N-dealkylation sites (tertiary alicyclic amines) is 2. The number of guanidine groups is 1. The number of hydrogen-bond acceptors (Lipinski definition) is 3. The van der Waals surface area contributed by atoms with Gasteiger partial charge in [-0.15, -0.1) is 0 Å². The van der Waals surface area contributed by atoms with Crippen molar-refractivity contribution in [2.45, 2.75) is 25.6 Å². The number of alkyl halides is 3. The van der Waals surface area contributed by atoms with Gasteiger partial charge in [0.2, 0.25) is 0 Å². The van der Waals surface area contributed by atoms with Crippen LogP contribution in [0.4, 0.5) is 13.2 Å². The number of hydrogen-bond donors (Lipinski definition) is 1. The van der Waals surface area contributed by atoms with Crippen LogP contribution in [0.3, 0.4) is 0 Å². The standard InChI is InChI=1S/C21H31F3N4O/c1-25-20(26-11-18-7-9-27(12-18)16-21(22,23)24)28-10-8-19(13-28)15-29-14-17-5-3-2-4-6-17/h2-6,18-19H,7-16H2,1H3,(H,25,26). The molecule has 2 heterocycles. The maximum Gasteiger partial charge on any atom is 0.401 e. The molecule has 1 aromatic carbocycles. The van der Waals surface area contributed by atoms with Crippen LogP contribution >= 0.6 is 0 Å². The van der Waals surface area contributed by atoms with Gasteiger partial charge < -0.3 is 15.0 Å². The van der Waals surface area contributed by atoms with E-state index in [1.54, 1.807) is 7.05 Å². The fourth-order valence-corrected chi connectivity index (χ4v) is 4.12. The van der Waals surface area contributed by atoms with Crippen LogP contribution in [0.15, 0.2) is 35.3 Å². The minimum atomic E-state index is -4.12. The normalized spacial score (nSPS) is 23.7. The van der Waals surface area contributed by atoms with Crippen LogP contribution in [-0.4, -0.2) is 74.9 Å². The molecule has 8 heteroatoms. The predicted octanol–water partition coefficient (Wildman–Crippen LogP) is 2.98. The van der Waals surface area contributed by atoms with E-state index in [1.807, 2.05) is 18.2 Å². The summed E-state index contributed by atoms with van der Waals surface area (Å²) in [5, 5.41) is 3.37. The Kier molecular flexibility index (Phi) is 7.77. The van der Waals surface area contributed by atoms with Crippen LogP contribution in [0.2, 0.25) is 0 Å². The van der Waals surface area contributed by atoms with Crippen molar-refractivity contribution in [3.8, 4) is 0 Å². The molecule has 3 rings (SSSR count). The largest absolute Gasteiger partial charge is 0.401 e. The van der Waals surface area contributed by atoms with Crippen molar-refractivity contribution in [2.75, 3.05) is 52.9 Å². The lowest BCUT2D eigenvalue weighted by Gasteiger charge is -2.23. The summed E-state index contributed by atoms with van der Waals surface area (Å²) in [5.74, 6) is 1.53. The summed E-state index contributed by atoms with van der Waals surface area (Å²) >= 11 is 0. The lowest BCUT2D eigenvalue weighted by atomic mass is 10.1. The van der Waals surface area contributed by atoms with Gasteiger partial charge in [0.25, 0.3) is 0 Å². The van der Waals surface area contributed by atoms with Gasteiger partial charge in [-0.3, -0.25) is 9.89 Å². The Hall–Kier alpha value is -1.80. The van der Waals surface area contributed by atoms with E-state index in [4.69, 9.17) is 4.74 Å². The number of nitrogens with zero attached hydrogens (tertiary/aromatic N) is 3. The van der Waals surface area contributed by atoms with Crippen molar-refractivity contribution < 1.29 is 17.9 Å². The molecule has 0 aromatic heterocycles. The SMILES string of the molecule is CN=C(NCC1CCN(CC(F)(F)F)C1)N1CCC(COCc2ccccc2)C1. The van der Waals surface area contributed by atoms with Gasteiger partial charge in [-0.2, -0.15) is 13.2 Å². The third-order valence-electron chi connectivity index (χ3n) is 5.58. The zero-order chi connectivity index (χ0) is 20.7. The average molecular weight is 413 g/mol. The Morgan fingerprint density at radius 1 is 1.14 bits per heavy atom. The van der Waals surface area contributed by atoms with Crippen molar-refractivity contribution in [3.63, 3.8) is 0 Å². The van der Waals surface area contributed by atoms with Gasteiger partial charge in [0.1, 0.15) is 0 Å². The molecule has 2 unspecified atom stereocenters. The second-order valence-corrected chi connectivity index (χ2v) is 8.03. The van der Waals surface area contributed by atoms with Crippen molar-refractivity contribution in [3.05, 3.63) is 35.9 Å². The molecule has 0 spiro atoms. The van der Waals surface area contributed by atoms with E-state index >= 15 is 0 Å². The molecule has 0 saturated carbocycles. The Bertz CT molecular complexity index is 653. The first-order valence-corrected chi connectivity index (χ1v) is 10.3. The molecule has 0 radical (unpaired) electrons. The van der Waals surface area contributed by atoms with Gasteiger partial charge in [0, 0.05) is 39.1 Å². The number of rotatable bonds is 7. The summed E-state index contributed by atoms with van der Waals surface area (Å²) in [6.45, 7) is 4.00. The van der Waals surface area contributed by atoms with Gasteiger partial charge in [0.15, 0.2) is 5.96 Å². The topological polar surface area (TPSA) is 40.1 Å². The third kappa shape index (κ3) is 7.19. The van der Waals surface area contributed by atoms with Gasteiger partial charge in [-0.05, 0) is 30.9 Å². The molecule has 2 saturated heterocycles. The second kappa shape index (κ2) is 10.3. The van der Waals surface area contributed by atoms with Crippen molar-refractivity contribution >= 4 is 5.96 Å². The monoisotopic (exact) mass is 412 g/mol. The minimum Gasteiger partial charge on any atom is -0.376 e. The van der Waals surface area contributed by atoms with E-state index in [0.29, 0.717) is 32.2 Å². The first-order valence-electron chi connectivity index (χ1n) is 10.3. The van der Waals surface area contributed by atoms with E-state index < -0.39 is 12.7 Å². The average Bonchev–Trinajstić information content (AvgIpc) is 3.32. The predicted molar refractivity (Wildman–Crippen MR) is 108 cm³/mol. The van der Waals surface area contributed by atoms with Crippen LogP contribution in [0.5, 0.6) is 0 Å². The molecule has 162 valence electrons. The highest BCUT2D eigenvalue weighted by molar-refractivity contribution is 5.80. The number of benzene rings is 1. The summed E-state index contributed by atoms with van der Waals surface area (Å²) in [6.07, 6.45) is -2.28. The highest BCUT2D eigenvalue weighted by atomic mass is 19.4. The smallest absolute Gasteiger partial charge is 0.376 e. The molecule has 2 aliphatic rings. The molecule has 1 aromatic rings. The van der Waals surface area contributed by atoms with Crippen LogP contribution in [0.1, 0.15) is 18.4 Å². The fraction of sp³-hybridized carbons (Fsp3) is 0.667. The van der Waals surface area contributed by atoms with Crippen molar-refractivity contribution in [1.82, 2.24) is 15.1 Å².